The molecule has 0 aliphatic heterocycles. The van der Waals surface area contributed by atoms with Crippen molar-refractivity contribution in [2.45, 2.75) is 46.0 Å². The smallest absolute Gasteiger partial charge is 0.160 e. The van der Waals surface area contributed by atoms with Crippen LogP contribution in [0.1, 0.15) is 45.2 Å². The normalized spacial score (nSPS) is 13.1. The van der Waals surface area contributed by atoms with Crippen molar-refractivity contribution in [2.75, 3.05) is 0 Å². The Balaban J connectivity index is 2.54. The third kappa shape index (κ3) is 4.69. The van der Waals surface area contributed by atoms with Gasteiger partial charge in [0, 0.05) is 0 Å². The van der Waals surface area contributed by atoms with E-state index in [0.29, 0.717) is 0 Å². The molecule has 1 aromatic heterocycles. The first-order valence-electron chi connectivity index (χ1n) is 5.48. The van der Waals surface area contributed by atoms with Crippen LogP contribution in [0.5, 0.6) is 0 Å². The van der Waals surface area contributed by atoms with Gasteiger partial charge in [-0.3, -0.25) is 0 Å². The number of hydrogen-bond donors (Lipinski definition) is 0. The highest BCUT2D eigenvalue weighted by Crippen LogP contribution is 2.28. The average molecular weight is 402 g/mol. The van der Waals surface area contributed by atoms with E-state index in [1.54, 1.807) is 11.3 Å². The Morgan fingerprint density at radius 2 is 2.20 bits per heavy atom. The van der Waals surface area contributed by atoms with Gasteiger partial charge >= 0.3 is 0 Å². The predicted molar refractivity (Wildman–Crippen MR) is 79.5 cm³/mol. The molecule has 4 heteroatoms. The van der Waals surface area contributed by atoms with Gasteiger partial charge < -0.3 is 0 Å². The molecular formula is C11H17BrINS. The second-order valence-electron chi connectivity index (χ2n) is 3.81. The molecule has 0 fully saturated rings. The van der Waals surface area contributed by atoms with Crippen molar-refractivity contribution in [1.82, 2.24) is 4.98 Å². The summed E-state index contributed by atoms with van der Waals surface area (Å²) in [4.78, 5) is 4.53. The van der Waals surface area contributed by atoms with Crippen molar-refractivity contribution < 1.29 is 0 Å². The third-order valence-electron chi connectivity index (χ3n) is 2.65. The van der Waals surface area contributed by atoms with Crippen molar-refractivity contribution in [3.8, 4) is 0 Å². The maximum Gasteiger partial charge on any atom is 0.160 e. The molecule has 1 unspecified atom stereocenters. The number of thiazole rings is 1. The first-order valence-corrected chi connectivity index (χ1v) is 8.16. The minimum Gasteiger partial charge on any atom is -0.233 e. The van der Waals surface area contributed by atoms with Gasteiger partial charge in [-0.1, -0.05) is 39.5 Å². The molecule has 1 atom stereocenters. The lowest BCUT2D eigenvalue weighted by atomic mass is 9.95. The van der Waals surface area contributed by atoms with E-state index in [1.807, 2.05) is 0 Å². The van der Waals surface area contributed by atoms with Gasteiger partial charge in [0.15, 0.2) is 3.92 Å². The van der Waals surface area contributed by atoms with Crippen LogP contribution in [0, 0.1) is 8.80 Å². The molecule has 1 aromatic rings. The SMILES string of the molecule is CCCCC(CC)Cc1nc(Br)sc1I. The second kappa shape index (κ2) is 7.22. The maximum absolute atomic E-state index is 4.53. The van der Waals surface area contributed by atoms with Crippen LogP contribution in [0.2, 0.25) is 0 Å². The van der Waals surface area contributed by atoms with E-state index in [9.17, 15) is 0 Å². The first kappa shape index (κ1) is 13.9. The Kier molecular flexibility index (Phi) is 6.69. The lowest BCUT2D eigenvalue weighted by molar-refractivity contribution is 0.445. The Hall–Kier alpha value is 0.840. The Labute approximate surface area is 118 Å². The molecule has 0 aliphatic rings. The van der Waals surface area contributed by atoms with E-state index < -0.39 is 0 Å². The molecule has 15 heavy (non-hydrogen) atoms. The van der Waals surface area contributed by atoms with E-state index in [-0.39, 0.29) is 0 Å². The third-order valence-corrected chi connectivity index (χ3v) is 5.27. The zero-order valence-corrected chi connectivity index (χ0v) is 13.8. The van der Waals surface area contributed by atoms with Crippen molar-refractivity contribution in [1.29, 1.82) is 0 Å². The molecule has 0 saturated carbocycles. The van der Waals surface area contributed by atoms with Crippen molar-refractivity contribution in [3.63, 3.8) is 0 Å². The molecular weight excluding hydrogens is 385 g/mol. The standard InChI is InChI=1S/C11H17BrINS/c1-3-5-6-8(4-2)7-9-10(13)15-11(12)14-9/h8H,3-7H2,1-2H3. The quantitative estimate of drug-likeness (QED) is 0.591. The van der Waals surface area contributed by atoms with Crippen LogP contribution in [-0.2, 0) is 6.42 Å². The molecule has 0 amide bonds. The molecule has 0 spiro atoms. The molecule has 1 rings (SSSR count). The van der Waals surface area contributed by atoms with E-state index in [4.69, 9.17) is 0 Å². The van der Waals surface area contributed by atoms with Gasteiger partial charge in [0.2, 0.25) is 0 Å². The van der Waals surface area contributed by atoms with E-state index >= 15 is 0 Å². The molecule has 0 bridgehead atoms. The highest BCUT2D eigenvalue weighted by Gasteiger charge is 2.13. The molecule has 86 valence electrons. The van der Waals surface area contributed by atoms with Gasteiger partial charge in [0.1, 0.15) is 0 Å². The van der Waals surface area contributed by atoms with Gasteiger partial charge in [0.25, 0.3) is 0 Å². The van der Waals surface area contributed by atoms with Crippen LogP contribution >= 0.6 is 49.9 Å². The van der Waals surface area contributed by atoms with Crippen LogP contribution in [0.25, 0.3) is 0 Å². The van der Waals surface area contributed by atoms with Crippen LogP contribution in [0.3, 0.4) is 0 Å². The molecule has 0 aliphatic carbocycles. The maximum atomic E-state index is 4.53. The van der Waals surface area contributed by atoms with Gasteiger partial charge in [-0.25, -0.2) is 4.98 Å². The van der Waals surface area contributed by atoms with Crippen LogP contribution in [0.4, 0.5) is 0 Å². The van der Waals surface area contributed by atoms with Gasteiger partial charge in [-0.2, -0.15) is 0 Å². The average Bonchev–Trinajstić information content (AvgIpc) is 2.52. The summed E-state index contributed by atoms with van der Waals surface area (Å²) in [5, 5.41) is 0. The number of aromatic nitrogens is 1. The van der Waals surface area contributed by atoms with Gasteiger partial charge in [0.05, 0.1) is 8.58 Å². The van der Waals surface area contributed by atoms with Crippen LogP contribution < -0.4 is 0 Å². The van der Waals surface area contributed by atoms with E-state index in [1.165, 1.54) is 34.3 Å². The van der Waals surface area contributed by atoms with Crippen molar-refractivity contribution >= 4 is 49.9 Å². The monoisotopic (exact) mass is 401 g/mol. The minimum atomic E-state index is 0.812. The molecule has 1 heterocycles. The Morgan fingerprint density at radius 3 is 2.67 bits per heavy atom. The molecule has 0 N–H and O–H groups in total. The highest BCUT2D eigenvalue weighted by molar-refractivity contribution is 14.1. The fourth-order valence-corrected chi connectivity index (χ4v) is 4.77. The van der Waals surface area contributed by atoms with E-state index in [2.05, 4.69) is 57.4 Å². The molecule has 0 aromatic carbocycles. The summed E-state index contributed by atoms with van der Waals surface area (Å²) in [6, 6.07) is 0. The number of hydrogen-bond acceptors (Lipinski definition) is 2. The molecule has 1 nitrogen and oxygen atoms in total. The van der Waals surface area contributed by atoms with Crippen molar-refractivity contribution in [3.05, 3.63) is 12.5 Å². The predicted octanol–water partition coefficient (Wildman–Crippen LogP) is 5.27. The zero-order chi connectivity index (χ0) is 11.3. The summed E-state index contributed by atoms with van der Waals surface area (Å²) in [5.41, 5.74) is 1.29. The van der Waals surface area contributed by atoms with Crippen molar-refractivity contribution in [2.24, 2.45) is 5.92 Å². The summed E-state index contributed by atoms with van der Waals surface area (Å²) < 4.78 is 2.36. The number of unbranched alkanes of at least 4 members (excludes halogenated alkanes) is 1. The van der Waals surface area contributed by atoms with Gasteiger partial charge in [-0.05, 0) is 50.9 Å². The molecule has 0 radical (unpaired) electrons. The van der Waals surface area contributed by atoms with Crippen LogP contribution in [0.15, 0.2) is 3.92 Å². The summed E-state index contributed by atoms with van der Waals surface area (Å²) in [7, 11) is 0. The fraction of sp³-hybridized carbons (Fsp3) is 0.727. The summed E-state index contributed by atoms with van der Waals surface area (Å²) in [6.07, 6.45) is 6.41. The second-order valence-corrected chi connectivity index (χ2v) is 7.89. The number of nitrogens with zero attached hydrogens (tertiary/aromatic N) is 1. The summed E-state index contributed by atoms with van der Waals surface area (Å²) >= 11 is 7.58. The fourth-order valence-electron chi connectivity index (χ4n) is 1.65. The minimum absolute atomic E-state index is 0.812. The Bertz CT molecular complexity index is 301. The topological polar surface area (TPSA) is 12.9 Å². The largest absolute Gasteiger partial charge is 0.233 e. The number of rotatable bonds is 6. The zero-order valence-electron chi connectivity index (χ0n) is 9.22. The van der Waals surface area contributed by atoms with Gasteiger partial charge in [-0.15, -0.1) is 11.3 Å². The lowest BCUT2D eigenvalue weighted by Gasteiger charge is -2.12. The van der Waals surface area contributed by atoms with Crippen LogP contribution in [-0.4, -0.2) is 4.98 Å². The highest BCUT2D eigenvalue weighted by atomic mass is 127. The first-order chi connectivity index (χ1) is 7.17. The summed E-state index contributed by atoms with van der Waals surface area (Å²) in [5.74, 6) is 0.812. The summed E-state index contributed by atoms with van der Waals surface area (Å²) in [6.45, 7) is 4.55. The lowest BCUT2D eigenvalue weighted by Crippen LogP contribution is -2.04. The Morgan fingerprint density at radius 1 is 1.47 bits per heavy atom. The number of halogens is 2. The van der Waals surface area contributed by atoms with E-state index in [0.717, 1.165) is 16.3 Å². The molecule has 0 saturated heterocycles.